The first-order valence-electron chi connectivity index (χ1n) is 20.1. The van der Waals surface area contributed by atoms with Crippen molar-refractivity contribution < 1.29 is 33.3 Å². The fraction of sp³-hybridized carbons (Fsp3) is 0.292. The zero-order valence-corrected chi connectivity index (χ0v) is 36.0. The van der Waals surface area contributed by atoms with Crippen LogP contribution in [0.4, 0.5) is 11.4 Å². The van der Waals surface area contributed by atoms with Gasteiger partial charge in [-0.05, 0) is 102 Å². The van der Waals surface area contributed by atoms with Crippen molar-refractivity contribution in [3.63, 3.8) is 0 Å². The van der Waals surface area contributed by atoms with Gasteiger partial charge in [0, 0.05) is 61.6 Å². The zero-order chi connectivity index (χ0) is 42.6. The van der Waals surface area contributed by atoms with Gasteiger partial charge >= 0.3 is 0 Å². The van der Waals surface area contributed by atoms with Crippen molar-refractivity contribution in [1.82, 2.24) is 14.7 Å². The highest BCUT2D eigenvalue weighted by atomic mass is 32.1. The molecule has 4 heterocycles. The molecule has 0 aliphatic carbocycles. The maximum atomic E-state index is 13.9. The summed E-state index contributed by atoms with van der Waals surface area (Å²) >= 11 is 1.72. The number of thiophene rings is 1. The Labute approximate surface area is 360 Å². The normalized spacial score (nSPS) is 16.8. The Bertz CT molecular complexity index is 2530. The summed E-state index contributed by atoms with van der Waals surface area (Å²) in [7, 11) is 8.89. The first-order valence-corrected chi connectivity index (χ1v) is 21.0. The Hall–Kier alpha value is -6.44. The molecule has 2 atom stereocenters. The summed E-state index contributed by atoms with van der Waals surface area (Å²) in [6.07, 6.45) is 7.89. The maximum absolute atomic E-state index is 13.9. The van der Waals surface area contributed by atoms with E-state index in [1.807, 2.05) is 76.0 Å². The molecule has 8 rings (SSSR count). The third-order valence-corrected chi connectivity index (χ3v) is 12.1. The number of hydrogen-bond acceptors (Lipinski definition) is 11. The van der Waals surface area contributed by atoms with Gasteiger partial charge in [0.25, 0.3) is 5.91 Å². The highest BCUT2D eigenvalue weighted by Gasteiger charge is 2.33. The summed E-state index contributed by atoms with van der Waals surface area (Å²) in [6.45, 7) is 3.78. The SMILES string of the molecule is COc1ccc(C2=CN3C(=O)c4cc(OC)c(OCc5cc(COc6cc(N=CC7Cc8sccc8CN7C=O)c(C)cc6OC)cc(CN(C)C)c5)cc4N=CC3C2)cc1. The van der Waals surface area contributed by atoms with E-state index in [-0.39, 0.29) is 31.2 Å². The molecular formula is C48H49N5O7S. The molecule has 2 unspecified atom stereocenters. The lowest BCUT2D eigenvalue weighted by Gasteiger charge is -2.30. The van der Waals surface area contributed by atoms with Crippen molar-refractivity contribution in [3.05, 3.63) is 128 Å². The van der Waals surface area contributed by atoms with Gasteiger partial charge in [0.2, 0.25) is 6.41 Å². The molecular weight excluding hydrogens is 791 g/mol. The van der Waals surface area contributed by atoms with E-state index < -0.39 is 0 Å². The van der Waals surface area contributed by atoms with Crippen LogP contribution in [-0.2, 0) is 37.5 Å². The predicted octanol–water partition coefficient (Wildman–Crippen LogP) is 8.56. The first-order chi connectivity index (χ1) is 29.6. The van der Waals surface area contributed by atoms with E-state index in [1.54, 1.807) is 54.6 Å². The number of aliphatic imine (C=N–C) groups is 2. The summed E-state index contributed by atoms with van der Waals surface area (Å²) in [6, 6.07) is 23.2. The van der Waals surface area contributed by atoms with Crippen LogP contribution >= 0.6 is 11.3 Å². The van der Waals surface area contributed by atoms with E-state index in [1.165, 1.54) is 10.4 Å². The Kier molecular flexibility index (Phi) is 12.2. The molecule has 2 amide bonds. The molecule has 0 saturated carbocycles. The van der Waals surface area contributed by atoms with E-state index in [9.17, 15) is 9.59 Å². The quantitative estimate of drug-likeness (QED) is 0.0762. The van der Waals surface area contributed by atoms with Gasteiger partial charge in [0.15, 0.2) is 23.0 Å². The number of fused-ring (bicyclic) bond motifs is 3. The van der Waals surface area contributed by atoms with E-state index in [0.717, 1.165) is 57.7 Å². The van der Waals surface area contributed by atoms with E-state index in [2.05, 4.69) is 34.5 Å². The van der Waals surface area contributed by atoms with Crippen molar-refractivity contribution in [2.24, 2.45) is 9.98 Å². The second-order valence-corrected chi connectivity index (χ2v) is 16.6. The number of benzene rings is 4. The predicted molar refractivity (Wildman–Crippen MR) is 238 cm³/mol. The topological polar surface area (TPSA) is 115 Å². The van der Waals surface area contributed by atoms with Gasteiger partial charge in [0.1, 0.15) is 19.0 Å². The molecule has 314 valence electrons. The Morgan fingerprint density at radius 1 is 0.852 bits per heavy atom. The minimum absolute atomic E-state index is 0.134. The minimum Gasteiger partial charge on any atom is -0.497 e. The Morgan fingerprint density at radius 3 is 2.25 bits per heavy atom. The van der Waals surface area contributed by atoms with Crippen LogP contribution in [0.15, 0.2) is 94.4 Å². The number of methoxy groups -OCH3 is 3. The largest absolute Gasteiger partial charge is 0.497 e. The second kappa shape index (κ2) is 18.0. The summed E-state index contributed by atoms with van der Waals surface area (Å²) < 4.78 is 29.7. The number of ether oxygens (including phenoxy) is 5. The molecule has 0 saturated heterocycles. The molecule has 1 aromatic heterocycles. The number of amides is 2. The highest BCUT2D eigenvalue weighted by Crippen LogP contribution is 2.41. The van der Waals surface area contributed by atoms with Crippen LogP contribution in [0.2, 0.25) is 0 Å². The number of rotatable bonds is 15. The average molecular weight is 840 g/mol. The van der Waals surface area contributed by atoms with Crippen LogP contribution in [0.1, 0.15) is 55.0 Å². The van der Waals surface area contributed by atoms with Crippen LogP contribution in [0.3, 0.4) is 0 Å². The van der Waals surface area contributed by atoms with Crippen molar-refractivity contribution in [3.8, 4) is 28.7 Å². The Morgan fingerprint density at radius 2 is 1.56 bits per heavy atom. The van der Waals surface area contributed by atoms with Gasteiger partial charge in [-0.2, -0.15) is 0 Å². The Balaban J connectivity index is 0.989. The molecule has 0 N–H and O–H groups in total. The molecule has 0 radical (unpaired) electrons. The lowest BCUT2D eigenvalue weighted by atomic mass is 10.0. The molecule has 4 aromatic carbocycles. The molecule has 5 aromatic rings. The smallest absolute Gasteiger partial charge is 0.260 e. The van der Waals surface area contributed by atoms with E-state index in [4.69, 9.17) is 33.7 Å². The fourth-order valence-electron chi connectivity index (χ4n) is 7.95. The lowest BCUT2D eigenvalue weighted by Crippen LogP contribution is -2.39. The molecule has 3 aliphatic rings. The molecule has 0 bridgehead atoms. The summed E-state index contributed by atoms with van der Waals surface area (Å²) in [5.74, 6) is 2.72. The number of nitrogens with zero attached hydrogens (tertiary/aromatic N) is 5. The van der Waals surface area contributed by atoms with Crippen LogP contribution in [0, 0.1) is 6.92 Å². The van der Waals surface area contributed by atoms with Crippen molar-refractivity contribution in [2.45, 2.75) is 58.2 Å². The van der Waals surface area contributed by atoms with Crippen molar-refractivity contribution >= 4 is 53.0 Å². The molecule has 12 nitrogen and oxygen atoms in total. The third-order valence-electron chi connectivity index (χ3n) is 11.1. The molecule has 61 heavy (non-hydrogen) atoms. The summed E-state index contributed by atoms with van der Waals surface area (Å²) in [4.78, 5) is 42.4. The first kappa shape index (κ1) is 41.3. The number of hydrogen-bond donors (Lipinski definition) is 0. The molecule has 0 spiro atoms. The summed E-state index contributed by atoms with van der Waals surface area (Å²) in [5.41, 5.74) is 8.91. The van der Waals surface area contributed by atoms with Crippen molar-refractivity contribution in [1.29, 1.82) is 0 Å². The molecule has 3 aliphatic heterocycles. The van der Waals surface area contributed by atoms with Gasteiger partial charge < -0.3 is 38.4 Å². The van der Waals surface area contributed by atoms with Gasteiger partial charge in [-0.15, -0.1) is 11.3 Å². The minimum atomic E-state index is -0.210. The number of aryl methyl sites for hydroxylation is 1. The standard InChI is InChI=1S/C48H49N5O7S/c1-30-13-43(57-5)45(20-41(30)49-22-37-18-47-35(11-12-61-47)25-52(37)29-54)59-27-32-14-31(24-51(2)3)15-33(16-32)28-60-46-21-42-40(19-44(46)58-6)48(55)53-26-36(17-38(53)23-50-42)34-7-9-39(56-4)10-8-34/h7-16,19-23,26,29,37-38H,17-18,24-25,27-28H2,1-6H3. The number of carbonyl (C=O) groups excluding carboxylic acids is 2. The third kappa shape index (κ3) is 9.03. The fourth-order valence-corrected chi connectivity index (χ4v) is 8.90. The monoisotopic (exact) mass is 839 g/mol. The van der Waals surface area contributed by atoms with E-state index >= 15 is 0 Å². The average Bonchev–Trinajstić information content (AvgIpc) is 3.90. The van der Waals surface area contributed by atoms with Gasteiger partial charge in [-0.3, -0.25) is 19.6 Å². The van der Waals surface area contributed by atoms with Crippen LogP contribution in [0.5, 0.6) is 28.7 Å². The van der Waals surface area contributed by atoms with Crippen LogP contribution in [-0.4, -0.2) is 87.0 Å². The molecule has 13 heteroatoms. The second-order valence-electron chi connectivity index (χ2n) is 15.6. The van der Waals surface area contributed by atoms with Crippen molar-refractivity contribution in [2.75, 3.05) is 35.4 Å². The van der Waals surface area contributed by atoms with Crippen LogP contribution < -0.4 is 23.7 Å². The highest BCUT2D eigenvalue weighted by molar-refractivity contribution is 7.10. The van der Waals surface area contributed by atoms with Gasteiger partial charge in [-0.25, -0.2) is 0 Å². The summed E-state index contributed by atoms with van der Waals surface area (Å²) in [5, 5.41) is 2.07. The van der Waals surface area contributed by atoms with E-state index in [0.29, 0.717) is 53.8 Å². The van der Waals surface area contributed by atoms with Gasteiger partial charge in [-0.1, -0.05) is 24.3 Å². The zero-order valence-electron chi connectivity index (χ0n) is 35.2. The van der Waals surface area contributed by atoms with Crippen LogP contribution in [0.25, 0.3) is 5.57 Å². The lowest BCUT2D eigenvalue weighted by molar-refractivity contribution is -0.119. The number of carbonyl (C=O) groups is 2. The maximum Gasteiger partial charge on any atom is 0.260 e. The van der Waals surface area contributed by atoms with Gasteiger partial charge in [0.05, 0.1) is 50.4 Å². The molecule has 0 fully saturated rings.